The molecule has 4 aromatic rings. The second-order valence-corrected chi connectivity index (χ2v) is 7.07. The molecule has 32 heavy (non-hydrogen) atoms. The van der Waals surface area contributed by atoms with Crippen LogP contribution in [0.5, 0.6) is 5.75 Å². The molecule has 4 N–H and O–H groups in total. The fraction of sp³-hybridized carbons (Fsp3) is 0. The molecular weight excluding hydrogens is 433 g/mol. The van der Waals surface area contributed by atoms with E-state index in [1.165, 1.54) is 12.1 Å². The molecule has 0 fully saturated rings. The molecule has 0 spiro atoms. The van der Waals surface area contributed by atoms with Gasteiger partial charge < -0.3 is 21.1 Å². The van der Waals surface area contributed by atoms with E-state index in [-0.39, 0.29) is 17.5 Å². The minimum atomic E-state index is -0.673. The van der Waals surface area contributed by atoms with E-state index < -0.39 is 11.7 Å². The third kappa shape index (κ3) is 4.93. The van der Waals surface area contributed by atoms with Crippen molar-refractivity contribution in [3.63, 3.8) is 0 Å². The lowest BCUT2D eigenvalue weighted by atomic mass is 10.2. The number of phenols is 1. The van der Waals surface area contributed by atoms with Gasteiger partial charge in [0.15, 0.2) is 11.6 Å². The Morgan fingerprint density at radius 3 is 2.34 bits per heavy atom. The van der Waals surface area contributed by atoms with E-state index in [4.69, 9.17) is 11.6 Å². The number of hydrogen-bond donors (Lipinski definition) is 4. The minimum absolute atomic E-state index is 0.0827. The highest BCUT2D eigenvalue weighted by Gasteiger charge is 2.14. The Morgan fingerprint density at radius 1 is 0.906 bits per heavy atom. The van der Waals surface area contributed by atoms with E-state index in [0.717, 1.165) is 6.20 Å². The number of rotatable bonds is 6. The molecule has 0 radical (unpaired) electrons. The zero-order valence-corrected chi connectivity index (χ0v) is 17.3. The van der Waals surface area contributed by atoms with Gasteiger partial charge in [-0.15, -0.1) is 0 Å². The van der Waals surface area contributed by atoms with Crippen molar-refractivity contribution >= 4 is 46.3 Å². The number of phenolic OH excluding ortho intramolecular Hbond substituents is 1. The van der Waals surface area contributed by atoms with Crippen LogP contribution >= 0.6 is 11.6 Å². The van der Waals surface area contributed by atoms with Crippen LogP contribution in [0.3, 0.4) is 0 Å². The first-order valence-electron chi connectivity index (χ1n) is 9.50. The van der Waals surface area contributed by atoms with Crippen molar-refractivity contribution in [3.05, 3.63) is 95.4 Å². The number of amides is 1. The number of carbonyl (C=O) groups excluding carboxylic acids is 1. The molecule has 1 aromatic heterocycles. The van der Waals surface area contributed by atoms with Gasteiger partial charge in [-0.1, -0.05) is 35.9 Å². The summed E-state index contributed by atoms with van der Waals surface area (Å²) < 4.78 is 14.4. The molecule has 7 nitrogen and oxygen atoms in total. The molecular formula is C23H17ClFN5O2. The molecule has 160 valence electrons. The van der Waals surface area contributed by atoms with Gasteiger partial charge in [-0.25, -0.2) is 9.37 Å². The third-order valence-corrected chi connectivity index (χ3v) is 4.74. The van der Waals surface area contributed by atoms with E-state index in [1.54, 1.807) is 60.7 Å². The zero-order valence-electron chi connectivity index (χ0n) is 16.5. The second kappa shape index (κ2) is 9.32. The zero-order chi connectivity index (χ0) is 22.5. The number of nitrogens with zero attached hydrogens (tertiary/aromatic N) is 2. The van der Waals surface area contributed by atoms with Crippen molar-refractivity contribution in [3.8, 4) is 5.75 Å². The molecule has 0 bridgehead atoms. The molecule has 3 aromatic carbocycles. The van der Waals surface area contributed by atoms with E-state index in [2.05, 4.69) is 25.9 Å². The van der Waals surface area contributed by atoms with Gasteiger partial charge in [-0.2, -0.15) is 4.98 Å². The van der Waals surface area contributed by atoms with Crippen molar-refractivity contribution in [2.75, 3.05) is 16.0 Å². The normalized spacial score (nSPS) is 10.4. The number of aromatic hydroxyl groups is 1. The molecule has 0 unspecified atom stereocenters. The molecule has 0 aliphatic carbocycles. The number of hydrogen-bond acceptors (Lipinski definition) is 6. The summed E-state index contributed by atoms with van der Waals surface area (Å²) in [6.45, 7) is 0. The fourth-order valence-electron chi connectivity index (χ4n) is 2.85. The first-order valence-corrected chi connectivity index (χ1v) is 9.88. The lowest BCUT2D eigenvalue weighted by Gasteiger charge is -2.14. The van der Waals surface area contributed by atoms with Gasteiger partial charge in [0.25, 0.3) is 5.91 Å². The standard InChI is InChI=1S/C23H17ClFN5O2/c24-17-6-2-1-5-16(17)22(32)29-20-8-4-3-7-19(20)28-21-18(25)13-26-23(30-21)27-14-9-11-15(31)12-10-14/h1-13,31H,(H,29,32)(H2,26,27,28,30). The number of halogens is 2. The SMILES string of the molecule is O=C(Nc1ccccc1Nc1nc(Nc2ccc(O)cc2)ncc1F)c1ccccc1Cl. The summed E-state index contributed by atoms with van der Waals surface area (Å²) in [4.78, 5) is 20.7. The van der Waals surface area contributed by atoms with Crippen LogP contribution < -0.4 is 16.0 Å². The molecule has 9 heteroatoms. The van der Waals surface area contributed by atoms with Gasteiger partial charge >= 0.3 is 0 Å². The number of benzene rings is 3. The van der Waals surface area contributed by atoms with Crippen LogP contribution in [-0.2, 0) is 0 Å². The highest BCUT2D eigenvalue weighted by Crippen LogP contribution is 2.28. The predicted octanol–water partition coefficient (Wildman–Crippen LogP) is 5.71. The maximum absolute atomic E-state index is 14.4. The monoisotopic (exact) mass is 449 g/mol. The average molecular weight is 450 g/mol. The summed E-state index contributed by atoms with van der Waals surface area (Å²) in [5.41, 5.74) is 1.79. The van der Waals surface area contributed by atoms with Gasteiger partial charge in [0.2, 0.25) is 5.95 Å². The molecule has 0 saturated carbocycles. The van der Waals surface area contributed by atoms with Crippen LogP contribution in [0, 0.1) is 5.82 Å². The number of carbonyl (C=O) groups is 1. The van der Waals surface area contributed by atoms with Crippen molar-refractivity contribution in [1.29, 1.82) is 0 Å². The molecule has 1 heterocycles. The van der Waals surface area contributed by atoms with E-state index in [9.17, 15) is 14.3 Å². The molecule has 1 amide bonds. The maximum atomic E-state index is 14.4. The second-order valence-electron chi connectivity index (χ2n) is 6.67. The average Bonchev–Trinajstić information content (AvgIpc) is 2.79. The lowest BCUT2D eigenvalue weighted by Crippen LogP contribution is -2.14. The van der Waals surface area contributed by atoms with E-state index in [1.807, 2.05) is 0 Å². The molecule has 4 rings (SSSR count). The highest BCUT2D eigenvalue weighted by atomic mass is 35.5. The highest BCUT2D eigenvalue weighted by molar-refractivity contribution is 6.34. The van der Waals surface area contributed by atoms with Crippen molar-refractivity contribution in [1.82, 2.24) is 9.97 Å². The molecule has 0 aliphatic rings. The Kier molecular flexibility index (Phi) is 6.14. The summed E-state index contributed by atoms with van der Waals surface area (Å²) in [5, 5.41) is 18.3. The fourth-order valence-corrected chi connectivity index (χ4v) is 3.07. The van der Waals surface area contributed by atoms with Crippen molar-refractivity contribution in [2.45, 2.75) is 0 Å². The quantitative estimate of drug-likeness (QED) is 0.281. The van der Waals surface area contributed by atoms with Gasteiger partial charge in [-0.05, 0) is 48.5 Å². The van der Waals surface area contributed by atoms with Crippen molar-refractivity contribution in [2.24, 2.45) is 0 Å². The van der Waals surface area contributed by atoms with Crippen LogP contribution in [0.1, 0.15) is 10.4 Å². The molecule has 0 saturated heterocycles. The molecule has 0 atom stereocenters. The Morgan fingerprint density at radius 2 is 1.59 bits per heavy atom. The summed E-state index contributed by atoms with van der Waals surface area (Å²) in [6, 6.07) is 19.8. The Bertz CT molecular complexity index is 1270. The van der Waals surface area contributed by atoms with Crippen LogP contribution in [0.15, 0.2) is 79.0 Å². The van der Waals surface area contributed by atoms with Gasteiger partial charge in [0.05, 0.1) is 28.2 Å². The van der Waals surface area contributed by atoms with Gasteiger partial charge in [0.1, 0.15) is 5.75 Å². The van der Waals surface area contributed by atoms with Crippen LogP contribution in [0.4, 0.5) is 33.2 Å². The number of anilines is 5. The lowest BCUT2D eigenvalue weighted by molar-refractivity contribution is 0.102. The maximum Gasteiger partial charge on any atom is 0.257 e. The topological polar surface area (TPSA) is 99.2 Å². The summed E-state index contributed by atoms with van der Waals surface area (Å²) in [5.74, 6) is -0.887. The van der Waals surface area contributed by atoms with E-state index in [0.29, 0.717) is 27.6 Å². The minimum Gasteiger partial charge on any atom is -0.508 e. The van der Waals surface area contributed by atoms with E-state index >= 15 is 0 Å². The van der Waals surface area contributed by atoms with Crippen LogP contribution in [0.2, 0.25) is 5.02 Å². The summed E-state index contributed by atoms with van der Waals surface area (Å²) >= 11 is 6.10. The van der Waals surface area contributed by atoms with Gasteiger partial charge in [-0.3, -0.25) is 4.79 Å². The largest absolute Gasteiger partial charge is 0.508 e. The predicted molar refractivity (Wildman–Crippen MR) is 123 cm³/mol. The summed E-state index contributed by atoms with van der Waals surface area (Å²) in [7, 11) is 0. The first kappa shape index (κ1) is 21.1. The van der Waals surface area contributed by atoms with Gasteiger partial charge in [0, 0.05) is 5.69 Å². The van der Waals surface area contributed by atoms with Crippen LogP contribution in [-0.4, -0.2) is 21.0 Å². The Hall–Kier alpha value is -4.17. The number of para-hydroxylation sites is 2. The Balaban J connectivity index is 1.56. The number of aromatic nitrogens is 2. The van der Waals surface area contributed by atoms with Crippen LogP contribution in [0.25, 0.3) is 0 Å². The van der Waals surface area contributed by atoms with Crippen molar-refractivity contribution < 1.29 is 14.3 Å². The summed E-state index contributed by atoms with van der Waals surface area (Å²) in [6.07, 6.45) is 1.03. The first-order chi connectivity index (χ1) is 15.5. The third-order valence-electron chi connectivity index (χ3n) is 4.41. The Labute approximate surface area is 187 Å². The molecule has 0 aliphatic heterocycles. The number of nitrogens with one attached hydrogen (secondary N) is 3. The smallest absolute Gasteiger partial charge is 0.257 e.